The van der Waals surface area contributed by atoms with E-state index in [-0.39, 0.29) is 17.9 Å². The number of hydrogen-bond donors (Lipinski definition) is 1. The van der Waals surface area contributed by atoms with E-state index in [1.807, 2.05) is 66.3 Å². The largest absolute Gasteiger partial charge is 0.497 e. The second-order valence-electron chi connectivity index (χ2n) is 8.27. The number of carbonyl (C=O) groups is 1. The fourth-order valence-corrected chi connectivity index (χ4v) is 4.36. The first-order valence-electron chi connectivity index (χ1n) is 10.9. The minimum absolute atomic E-state index is 0.0135. The summed E-state index contributed by atoms with van der Waals surface area (Å²) in [6, 6.07) is 15.6. The average molecular weight is 431 g/mol. The van der Waals surface area contributed by atoms with Crippen LogP contribution < -0.4 is 10.1 Å². The van der Waals surface area contributed by atoms with Gasteiger partial charge in [0.05, 0.1) is 43.0 Å². The van der Waals surface area contributed by atoms with Crippen molar-refractivity contribution in [3.8, 4) is 11.4 Å². The average Bonchev–Trinajstić information content (AvgIpc) is 3.44. The summed E-state index contributed by atoms with van der Waals surface area (Å²) < 4.78 is 9.03. The molecule has 4 aromatic rings. The molecular weight excluding hydrogens is 404 g/mol. The van der Waals surface area contributed by atoms with Crippen molar-refractivity contribution in [2.24, 2.45) is 5.92 Å². The lowest BCUT2D eigenvalue weighted by Crippen LogP contribution is -2.36. The van der Waals surface area contributed by atoms with Crippen LogP contribution >= 0.6 is 0 Å². The lowest BCUT2D eigenvalue weighted by Gasteiger charge is -2.25. The fraction of sp³-hybridized carbons (Fsp3) is 0.333. The number of nitrogens with zero attached hydrogens (tertiary/aromatic N) is 5. The Labute approximate surface area is 186 Å². The number of hydrogen-bond acceptors (Lipinski definition) is 5. The minimum atomic E-state index is -0.234. The van der Waals surface area contributed by atoms with Crippen LogP contribution in [0.1, 0.15) is 37.1 Å². The molecule has 8 heteroatoms. The van der Waals surface area contributed by atoms with Crippen LogP contribution in [0, 0.1) is 5.92 Å². The maximum absolute atomic E-state index is 13.0. The molecule has 2 aromatic carbocycles. The van der Waals surface area contributed by atoms with Crippen molar-refractivity contribution in [1.29, 1.82) is 0 Å². The molecule has 0 saturated heterocycles. The maximum Gasteiger partial charge on any atom is 0.225 e. The molecule has 2 heterocycles. The third-order valence-corrected chi connectivity index (χ3v) is 6.13. The van der Waals surface area contributed by atoms with Crippen LogP contribution in [0.2, 0.25) is 0 Å². The molecule has 0 spiro atoms. The summed E-state index contributed by atoms with van der Waals surface area (Å²) in [6.07, 6.45) is 4.74. The van der Waals surface area contributed by atoms with Crippen molar-refractivity contribution in [3.05, 3.63) is 66.0 Å². The van der Waals surface area contributed by atoms with Crippen molar-refractivity contribution in [2.45, 2.75) is 38.8 Å². The minimum Gasteiger partial charge on any atom is -0.497 e. The van der Waals surface area contributed by atoms with E-state index in [9.17, 15) is 4.79 Å². The highest BCUT2D eigenvalue weighted by Crippen LogP contribution is 2.31. The Morgan fingerprint density at radius 2 is 2.03 bits per heavy atom. The van der Waals surface area contributed by atoms with Gasteiger partial charge in [0.2, 0.25) is 5.91 Å². The van der Waals surface area contributed by atoms with Crippen molar-refractivity contribution in [3.63, 3.8) is 0 Å². The number of ether oxygens (including phenoxy) is 1. The van der Waals surface area contributed by atoms with Gasteiger partial charge in [0.15, 0.2) is 0 Å². The zero-order chi connectivity index (χ0) is 22.1. The first-order chi connectivity index (χ1) is 15.6. The molecule has 0 radical (unpaired) electrons. The summed E-state index contributed by atoms with van der Waals surface area (Å²) in [5.74, 6) is 0.593. The maximum atomic E-state index is 13.0. The lowest BCUT2D eigenvalue weighted by atomic mass is 9.92. The van der Waals surface area contributed by atoms with Gasteiger partial charge in [-0.1, -0.05) is 24.3 Å². The number of carbonyl (C=O) groups excluding carboxylic acids is 1. The predicted molar refractivity (Wildman–Crippen MR) is 121 cm³/mol. The molecule has 1 amide bonds. The molecule has 164 valence electrons. The highest BCUT2D eigenvalue weighted by Gasteiger charge is 2.27. The Morgan fingerprint density at radius 1 is 1.22 bits per heavy atom. The van der Waals surface area contributed by atoms with Gasteiger partial charge in [0, 0.05) is 11.3 Å². The Balaban J connectivity index is 1.31. The van der Waals surface area contributed by atoms with Crippen molar-refractivity contribution >= 4 is 16.9 Å². The quantitative estimate of drug-likeness (QED) is 0.506. The molecular formula is C24H26N6O2. The molecule has 2 aromatic heterocycles. The van der Waals surface area contributed by atoms with E-state index in [2.05, 4.69) is 20.7 Å². The second-order valence-corrected chi connectivity index (χ2v) is 8.27. The number of rotatable bonds is 6. The molecule has 2 atom stereocenters. The molecule has 0 aliphatic heterocycles. The van der Waals surface area contributed by atoms with Gasteiger partial charge in [-0.2, -0.15) is 5.10 Å². The summed E-state index contributed by atoms with van der Waals surface area (Å²) in [4.78, 5) is 13.0. The molecule has 2 unspecified atom stereocenters. The van der Waals surface area contributed by atoms with E-state index >= 15 is 0 Å². The predicted octanol–water partition coefficient (Wildman–Crippen LogP) is 3.46. The van der Waals surface area contributed by atoms with E-state index in [1.165, 1.54) is 0 Å². The van der Waals surface area contributed by atoms with Gasteiger partial charge in [0.1, 0.15) is 11.3 Å². The van der Waals surface area contributed by atoms with Crippen LogP contribution in [0.5, 0.6) is 5.75 Å². The van der Waals surface area contributed by atoms with Gasteiger partial charge in [-0.15, -0.1) is 5.10 Å². The summed E-state index contributed by atoms with van der Waals surface area (Å²) in [6.45, 7) is 2.41. The van der Waals surface area contributed by atoms with Gasteiger partial charge in [-0.3, -0.25) is 4.79 Å². The Kier molecular flexibility index (Phi) is 5.34. The number of nitrogens with one attached hydrogen (secondary N) is 1. The second kappa shape index (κ2) is 8.45. The van der Waals surface area contributed by atoms with Crippen LogP contribution in [0.15, 0.2) is 54.7 Å². The van der Waals surface area contributed by atoms with Crippen molar-refractivity contribution in [2.75, 3.05) is 7.11 Å². The third kappa shape index (κ3) is 3.72. The molecule has 1 aliphatic carbocycles. The number of aromatic nitrogens is 5. The smallest absolute Gasteiger partial charge is 0.225 e. The molecule has 8 nitrogen and oxygen atoms in total. The molecule has 0 bridgehead atoms. The van der Waals surface area contributed by atoms with E-state index in [0.29, 0.717) is 6.54 Å². The highest BCUT2D eigenvalue weighted by atomic mass is 16.5. The summed E-state index contributed by atoms with van der Waals surface area (Å²) in [5.41, 5.74) is 5.02. The van der Waals surface area contributed by atoms with Crippen LogP contribution in [0.3, 0.4) is 0 Å². The van der Waals surface area contributed by atoms with Crippen molar-refractivity contribution < 1.29 is 9.53 Å². The van der Waals surface area contributed by atoms with Crippen LogP contribution in [0.4, 0.5) is 0 Å². The Bertz CT molecular complexity index is 1240. The van der Waals surface area contributed by atoms with Crippen LogP contribution in [-0.4, -0.2) is 37.8 Å². The molecule has 0 fully saturated rings. The van der Waals surface area contributed by atoms with Gasteiger partial charge in [-0.25, -0.2) is 9.36 Å². The topological polar surface area (TPSA) is 86.9 Å². The molecule has 0 saturated carbocycles. The number of methoxy groups -OCH3 is 1. The van der Waals surface area contributed by atoms with Crippen LogP contribution in [0.25, 0.3) is 16.7 Å². The van der Waals surface area contributed by atoms with Gasteiger partial charge in [0.25, 0.3) is 0 Å². The first kappa shape index (κ1) is 20.2. The lowest BCUT2D eigenvalue weighted by molar-refractivity contribution is -0.125. The van der Waals surface area contributed by atoms with Gasteiger partial charge < -0.3 is 10.1 Å². The zero-order valence-corrected chi connectivity index (χ0v) is 18.2. The normalized spacial score (nSPS) is 16.5. The van der Waals surface area contributed by atoms with Gasteiger partial charge >= 0.3 is 0 Å². The summed E-state index contributed by atoms with van der Waals surface area (Å²) in [7, 11) is 1.66. The molecule has 5 rings (SSSR count). The highest BCUT2D eigenvalue weighted by molar-refractivity contribution is 5.79. The number of para-hydroxylation sites is 1. The molecule has 32 heavy (non-hydrogen) atoms. The Morgan fingerprint density at radius 3 is 2.84 bits per heavy atom. The SMILES string of the molecule is COc1ccc(-n2ncc3c2CCCC3NC(=O)C(C)Cn2nnc3ccccc32)cc1. The standard InChI is InChI=1S/C24H26N6O2/c1-16(15-29-23-8-4-3-6-21(23)27-28-29)24(31)26-20-7-5-9-22-19(20)14-25-30(22)17-10-12-18(32-2)13-11-17/h3-4,6,8,10-14,16,20H,5,7,9,15H2,1-2H3,(H,26,31). The van der Waals surface area contributed by atoms with E-state index < -0.39 is 0 Å². The number of benzene rings is 2. The summed E-state index contributed by atoms with van der Waals surface area (Å²) >= 11 is 0. The number of amides is 1. The van der Waals surface area contributed by atoms with Crippen LogP contribution in [-0.2, 0) is 17.8 Å². The van der Waals surface area contributed by atoms with E-state index in [0.717, 1.165) is 53.0 Å². The van der Waals surface area contributed by atoms with E-state index in [4.69, 9.17) is 4.74 Å². The van der Waals surface area contributed by atoms with E-state index in [1.54, 1.807) is 11.8 Å². The summed E-state index contributed by atoms with van der Waals surface area (Å²) in [5, 5.41) is 16.3. The molecule has 1 N–H and O–H groups in total. The zero-order valence-electron chi connectivity index (χ0n) is 18.2. The fourth-order valence-electron chi connectivity index (χ4n) is 4.36. The first-order valence-corrected chi connectivity index (χ1v) is 10.9. The Hall–Kier alpha value is -3.68. The molecule has 1 aliphatic rings. The number of fused-ring (bicyclic) bond motifs is 2. The third-order valence-electron chi connectivity index (χ3n) is 6.13. The van der Waals surface area contributed by atoms with Crippen molar-refractivity contribution in [1.82, 2.24) is 30.1 Å². The van der Waals surface area contributed by atoms with Gasteiger partial charge in [-0.05, 0) is 55.7 Å². The monoisotopic (exact) mass is 430 g/mol.